The van der Waals surface area contributed by atoms with Crippen LogP contribution < -0.4 is 0 Å². The number of aromatic nitrogens is 1. The van der Waals surface area contributed by atoms with Gasteiger partial charge in [0.15, 0.2) is 0 Å². The van der Waals surface area contributed by atoms with E-state index in [1.165, 1.54) is 0 Å². The molecule has 0 atom stereocenters. The van der Waals surface area contributed by atoms with Crippen LogP contribution in [0, 0.1) is 6.92 Å². The van der Waals surface area contributed by atoms with E-state index in [0.717, 1.165) is 18.4 Å². The first kappa shape index (κ1) is 18.8. The summed E-state index contributed by atoms with van der Waals surface area (Å²) in [6.45, 7) is 6.21. The molecule has 0 saturated carbocycles. The van der Waals surface area contributed by atoms with Gasteiger partial charge in [0.05, 0.1) is 18.8 Å². The number of aromatic amines is 1. The van der Waals surface area contributed by atoms with E-state index in [1.54, 1.807) is 13.8 Å². The highest BCUT2D eigenvalue weighted by Gasteiger charge is 2.26. The lowest BCUT2D eigenvalue weighted by Gasteiger charge is -2.08. The fraction of sp³-hybridized carbons (Fsp3) is 0.400. The Morgan fingerprint density at radius 1 is 1.04 bits per heavy atom. The summed E-state index contributed by atoms with van der Waals surface area (Å²) in [5, 5.41) is 0. The normalized spacial score (nSPS) is 10.5. The Balaban J connectivity index is 2.39. The molecule has 0 amide bonds. The number of nitrogens with one attached hydrogen (secondary N) is 1. The first-order valence-corrected chi connectivity index (χ1v) is 8.68. The third kappa shape index (κ3) is 4.72. The second-order valence-corrected chi connectivity index (χ2v) is 5.85. The van der Waals surface area contributed by atoms with E-state index in [9.17, 15) is 9.59 Å². The average Bonchev–Trinajstić information content (AvgIpc) is 2.92. The molecule has 2 aromatic rings. The van der Waals surface area contributed by atoms with Crippen LogP contribution in [0.1, 0.15) is 64.4 Å². The van der Waals surface area contributed by atoms with Crippen molar-refractivity contribution < 1.29 is 19.1 Å². The van der Waals surface area contributed by atoms with Crippen molar-refractivity contribution in [3.05, 3.63) is 58.4 Å². The first-order valence-electron chi connectivity index (χ1n) is 8.68. The Bertz CT molecular complexity index is 719. The maximum Gasteiger partial charge on any atom is 0.355 e. The zero-order valence-corrected chi connectivity index (χ0v) is 15.1. The highest BCUT2D eigenvalue weighted by Crippen LogP contribution is 2.24. The fourth-order valence-electron chi connectivity index (χ4n) is 2.69. The van der Waals surface area contributed by atoms with Gasteiger partial charge in [0, 0.05) is 17.7 Å². The minimum absolute atomic E-state index is 0.282. The number of rotatable bonds is 8. The van der Waals surface area contributed by atoms with Gasteiger partial charge in [-0.25, -0.2) is 9.59 Å². The molecule has 0 radical (unpaired) electrons. The fourth-order valence-corrected chi connectivity index (χ4v) is 2.69. The van der Waals surface area contributed by atoms with Crippen molar-refractivity contribution in [2.24, 2.45) is 0 Å². The number of esters is 2. The van der Waals surface area contributed by atoms with Gasteiger partial charge in [-0.15, -0.1) is 0 Å². The van der Waals surface area contributed by atoms with Crippen LogP contribution in [0.2, 0.25) is 0 Å². The Morgan fingerprint density at radius 2 is 1.76 bits per heavy atom. The minimum atomic E-state index is -0.432. The largest absolute Gasteiger partial charge is 0.462 e. The molecule has 134 valence electrons. The van der Waals surface area contributed by atoms with Gasteiger partial charge in [0.25, 0.3) is 0 Å². The summed E-state index contributed by atoms with van der Waals surface area (Å²) in [5.74, 6) is -0.854. The predicted molar refractivity (Wildman–Crippen MR) is 95.9 cm³/mol. The Morgan fingerprint density at radius 3 is 2.40 bits per heavy atom. The van der Waals surface area contributed by atoms with Gasteiger partial charge in [-0.3, -0.25) is 0 Å². The van der Waals surface area contributed by atoms with E-state index in [4.69, 9.17) is 9.47 Å². The minimum Gasteiger partial charge on any atom is -0.462 e. The highest BCUT2D eigenvalue weighted by molar-refractivity contribution is 5.99. The third-order valence-electron chi connectivity index (χ3n) is 3.93. The number of unbranched alkanes of at least 4 members (excludes halogenated alkanes) is 1. The number of carbonyl (C=O) groups is 2. The summed E-state index contributed by atoms with van der Waals surface area (Å²) in [6.07, 6.45) is 2.21. The van der Waals surface area contributed by atoms with Gasteiger partial charge in [-0.05, 0) is 25.8 Å². The van der Waals surface area contributed by atoms with Gasteiger partial charge in [-0.2, -0.15) is 0 Å². The van der Waals surface area contributed by atoms with Gasteiger partial charge in [0.1, 0.15) is 5.69 Å². The molecule has 1 N–H and O–H groups in total. The van der Waals surface area contributed by atoms with Crippen molar-refractivity contribution >= 4 is 11.9 Å². The lowest BCUT2D eigenvalue weighted by atomic mass is 10.00. The second-order valence-electron chi connectivity index (χ2n) is 5.85. The smallest absolute Gasteiger partial charge is 0.355 e. The van der Waals surface area contributed by atoms with Gasteiger partial charge in [0.2, 0.25) is 0 Å². The number of hydrogen-bond donors (Lipinski definition) is 1. The number of aryl methyl sites for hydroxylation is 1. The van der Waals surface area contributed by atoms with Crippen LogP contribution in [0.25, 0.3) is 0 Å². The molecule has 5 nitrogen and oxygen atoms in total. The zero-order chi connectivity index (χ0) is 18.2. The van der Waals surface area contributed by atoms with E-state index in [-0.39, 0.29) is 6.61 Å². The number of hydrogen-bond acceptors (Lipinski definition) is 4. The van der Waals surface area contributed by atoms with Crippen molar-refractivity contribution in [1.82, 2.24) is 4.98 Å². The average molecular weight is 343 g/mol. The SMILES string of the molecule is CCCCOC(=O)c1[nH]c(C)c(C(=O)OCC)c1Cc1ccccc1. The van der Waals surface area contributed by atoms with Crippen molar-refractivity contribution in [3.63, 3.8) is 0 Å². The molecule has 0 aliphatic carbocycles. The molecule has 5 heteroatoms. The Kier molecular flexibility index (Phi) is 6.81. The Hall–Kier alpha value is -2.56. The van der Waals surface area contributed by atoms with Crippen LogP contribution in [-0.2, 0) is 15.9 Å². The molecule has 0 fully saturated rings. The summed E-state index contributed by atoms with van der Waals surface area (Å²) in [7, 11) is 0. The number of ether oxygens (including phenoxy) is 2. The van der Waals surface area contributed by atoms with Crippen molar-refractivity contribution in [2.75, 3.05) is 13.2 Å². The van der Waals surface area contributed by atoms with E-state index < -0.39 is 11.9 Å². The van der Waals surface area contributed by atoms with Crippen LogP contribution in [0.3, 0.4) is 0 Å². The molecular weight excluding hydrogens is 318 g/mol. The number of benzene rings is 1. The molecule has 1 heterocycles. The van der Waals surface area contributed by atoms with Crippen LogP contribution in [0.15, 0.2) is 30.3 Å². The zero-order valence-electron chi connectivity index (χ0n) is 15.1. The maximum absolute atomic E-state index is 12.5. The van der Waals surface area contributed by atoms with Gasteiger partial charge in [-0.1, -0.05) is 43.7 Å². The van der Waals surface area contributed by atoms with Gasteiger partial charge >= 0.3 is 11.9 Å². The van der Waals surface area contributed by atoms with E-state index in [2.05, 4.69) is 4.98 Å². The van der Waals surface area contributed by atoms with Crippen molar-refractivity contribution in [1.29, 1.82) is 0 Å². The Labute approximate surface area is 148 Å². The molecule has 0 unspecified atom stereocenters. The highest BCUT2D eigenvalue weighted by atomic mass is 16.5. The van der Waals surface area contributed by atoms with Crippen LogP contribution in [0.5, 0.6) is 0 Å². The van der Waals surface area contributed by atoms with E-state index in [0.29, 0.717) is 35.5 Å². The monoisotopic (exact) mass is 343 g/mol. The van der Waals surface area contributed by atoms with Crippen molar-refractivity contribution in [2.45, 2.75) is 40.0 Å². The summed E-state index contributed by atoms with van der Waals surface area (Å²) in [4.78, 5) is 27.9. The van der Waals surface area contributed by atoms with Crippen molar-refractivity contribution in [3.8, 4) is 0 Å². The molecule has 2 rings (SSSR count). The molecule has 0 aliphatic heterocycles. The summed E-state index contributed by atoms with van der Waals surface area (Å²) < 4.78 is 10.5. The van der Waals surface area contributed by atoms with Crippen LogP contribution >= 0.6 is 0 Å². The van der Waals surface area contributed by atoms with E-state index in [1.807, 2.05) is 37.3 Å². The first-order chi connectivity index (χ1) is 12.1. The third-order valence-corrected chi connectivity index (χ3v) is 3.93. The summed E-state index contributed by atoms with van der Waals surface area (Å²) in [6, 6.07) is 9.71. The standard InChI is InChI=1S/C20H25NO4/c1-4-6-12-25-20(23)18-16(13-15-10-8-7-9-11-15)17(14(3)21-18)19(22)24-5-2/h7-11,21H,4-6,12-13H2,1-3H3. The topological polar surface area (TPSA) is 68.4 Å². The molecule has 0 spiro atoms. The molecule has 0 aliphatic rings. The quantitative estimate of drug-likeness (QED) is 0.580. The molecule has 1 aromatic carbocycles. The second kappa shape index (κ2) is 9.06. The summed E-state index contributed by atoms with van der Waals surface area (Å²) in [5.41, 5.74) is 3.01. The van der Waals surface area contributed by atoms with E-state index >= 15 is 0 Å². The number of carbonyl (C=O) groups excluding carboxylic acids is 2. The van der Waals surface area contributed by atoms with Crippen LogP contribution in [0.4, 0.5) is 0 Å². The lowest BCUT2D eigenvalue weighted by Crippen LogP contribution is -2.12. The molecular formula is C20H25NO4. The number of H-pyrrole nitrogens is 1. The predicted octanol–water partition coefficient (Wildman–Crippen LogP) is 4.05. The molecule has 1 aromatic heterocycles. The molecule has 25 heavy (non-hydrogen) atoms. The maximum atomic E-state index is 12.5. The van der Waals surface area contributed by atoms with Crippen LogP contribution in [-0.4, -0.2) is 30.1 Å². The molecule has 0 saturated heterocycles. The lowest BCUT2D eigenvalue weighted by molar-refractivity contribution is 0.0492. The summed E-state index contributed by atoms with van der Waals surface area (Å²) >= 11 is 0. The van der Waals surface area contributed by atoms with Gasteiger partial charge < -0.3 is 14.5 Å². The molecule has 0 bridgehead atoms.